The number of carboxylic acid groups (broad SMARTS) is 1. The van der Waals surface area contributed by atoms with Crippen LogP contribution in [0.3, 0.4) is 0 Å². The highest BCUT2D eigenvalue weighted by molar-refractivity contribution is 5.98. The summed E-state index contributed by atoms with van der Waals surface area (Å²) in [7, 11) is 0. The highest BCUT2D eigenvalue weighted by Crippen LogP contribution is 2.21. The maximum absolute atomic E-state index is 14.3. The number of rotatable bonds is 29. The average Bonchev–Trinajstić information content (AvgIpc) is 3.96. The maximum Gasteiger partial charge on any atom is 0.328 e. The zero-order valence-electron chi connectivity index (χ0n) is 41.2. The quantitative estimate of drug-likeness (QED) is 0.0231. The first-order valence-corrected chi connectivity index (χ1v) is 23.9. The number of aromatic amines is 1. The number of guanidine groups is 2. The van der Waals surface area contributed by atoms with Crippen LogP contribution in [0.2, 0.25) is 0 Å². The van der Waals surface area contributed by atoms with Crippen molar-refractivity contribution < 1.29 is 48.6 Å². The Morgan fingerprint density at radius 3 is 1.83 bits per heavy atom. The topological polar surface area (TPSA) is 418 Å². The van der Waals surface area contributed by atoms with Crippen LogP contribution >= 0.6 is 0 Å². The minimum absolute atomic E-state index is 0.0723. The number of nitrogens with zero attached hydrogens (tertiary/aromatic N) is 1. The van der Waals surface area contributed by atoms with Crippen LogP contribution in [0.5, 0.6) is 0 Å². The summed E-state index contributed by atoms with van der Waals surface area (Å²) in [5.41, 5.74) is 18.3. The third kappa shape index (κ3) is 19.0. The molecule has 2 aromatic rings. The van der Waals surface area contributed by atoms with Gasteiger partial charge in [0.15, 0.2) is 11.9 Å². The largest absolute Gasteiger partial charge is 0.480 e. The van der Waals surface area contributed by atoms with Gasteiger partial charge in [-0.1, -0.05) is 45.9 Å². The van der Waals surface area contributed by atoms with E-state index in [0.717, 1.165) is 10.9 Å². The van der Waals surface area contributed by atoms with Crippen molar-refractivity contribution in [1.82, 2.24) is 52.4 Å². The number of aliphatic hydroxyl groups excluding tert-OH is 1. The number of nitrogens with one attached hydrogen (secondary N) is 11. The van der Waals surface area contributed by atoms with Crippen LogP contribution in [-0.2, 0) is 44.8 Å². The number of para-hydroxylation sites is 1. The van der Waals surface area contributed by atoms with E-state index < -0.39 is 102 Å². The van der Waals surface area contributed by atoms with Gasteiger partial charge in [-0.3, -0.25) is 44.4 Å². The first-order valence-electron chi connectivity index (χ1n) is 23.9. The molecule has 1 aromatic carbocycles. The van der Waals surface area contributed by atoms with Crippen LogP contribution in [0, 0.1) is 22.7 Å². The van der Waals surface area contributed by atoms with E-state index in [9.17, 15) is 48.6 Å². The highest BCUT2D eigenvalue weighted by atomic mass is 16.4. The van der Waals surface area contributed by atoms with E-state index in [-0.39, 0.29) is 68.8 Å². The van der Waals surface area contributed by atoms with Crippen LogP contribution in [0.4, 0.5) is 0 Å². The number of aromatic nitrogens is 1. The molecule has 0 radical (unpaired) electrons. The first kappa shape index (κ1) is 58.3. The van der Waals surface area contributed by atoms with Crippen molar-refractivity contribution in [3.05, 3.63) is 36.0 Å². The molecule has 0 aliphatic carbocycles. The molecule has 1 aliphatic rings. The lowest BCUT2D eigenvalue weighted by atomic mass is 10.00. The van der Waals surface area contributed by atoms with Crippen molar-refractivity contribution >= 4 is 70.1 Å². The molecule has 1 saturated heterocycles. The number of benzene rings is 1. The smallest absolute Gasteiger partial charge is 0.328 e. The molecule has 394 valence electrons. The molecule has 7 amide bonds. The molecule has 0 bridgehead atoms. The Hall–Kier alpha value is -7.02. The second-order valence-corrected chi connectivity index (χ2v) is 18.6. The second kappa shape index (κ2) is 28.6. The van der Waals surface area contributed by atoms with Crippen molar-refractivity contribution in [3.8, 4) is 0 Å². The van der Waals surface area contributed by atoms with E-state index >= 15 is 0 Å². The number of carboxylic acids is 1. The standard InChI is InChI=1S/C46H75N15O10/c1-24(2)19-32(59-42(68)36-15-10-18-61(36)43(69)29(47)12-8-16-52-45(48)49)39(65)55-26(5)37(63)57-33(20-25(3)4)40(66)58-34(21-27-22-54-30-13-7-6-11-28(27)30)41(67)56-31(14-9-17-53-46(50)51)38(64)60-35(23-62)44(70)71/h6-7,11,13,22,24-26,29,31-36,54,62H,8-10,12,14-21,23,47H2,1-5H3,(H,55,65)(H,56,67)(H,57,63)(H,58,66)(H,59,68)(H,60,64)(H,70,71)(H4,48,49,52)(H4,50,51,53)/t26-,29-,31-,32-,33-,34-,35-,36-/m0/s1. The monoisotopic (exact) mass is 998 g/mol. The van der Waals surface area contributed by atoms with Gasteiger partial charge in [-0.15, -0.1) is 0 Å². The molecule has 0 unspecified atom stereocenters. The average molecular weight is 998 g/mol. The molecule has 1 aromatic heterocycles. The molecular formula is C46H75N15O10. The van der Waals surface area contributed by atoms with Crippen LogP contribution in [0.1, 0.15) is 91.5 Å². The summed E-state index contributed by atoms with van der Waals surface area (Å²) >= 11 is 0. The Morgan fingerprint density at radius 1 is 0.718 bits per heavy atom. The minimum Gasteiger partial charge on any atom is -0.480 e. The van der Waals surface area contributed by atoms with Gasteiger partial charge in [0.1, 0.15) is 42.3 Å². The molecule has 2 heterocycles. The minimum atomic E-state index is -1.68. The summed E-state index contributed by atoms with van der Waals surface area (Å²) in [6, 6.07) is -2.54. The Kier molecular flexibility index (Phi) is 23.5. The number of H-pyrrole nitrogens is 1. The molecule has 8 atom stereocenters. The van der Waals surface area contributed by atoms with E-state index in [1.165, 1.54) is 11.8 Å². The van der Waals surface area contributed by atoms with Crippen molar-refractivity contribution in [2.45, 2.75) is 141 Å². The number of carbonyl (C=O) groups is 8. The van der Waals surface area contributed by atoms with Gasteiger partial charge in [0.05, 0.1) is 12.6 Å². The Labute approximate surface area is 413 Å². The van der Waals surface area contributed by atoms with Gasteiger partial charge in [0, 0.05) is 43.2 Å². The van der Waals surface area contributed by atoms with Gasteiger partial charge in [-0.05, 0) is 81.8 Å². The number of carbonyl (C=O) groups excluding carboxylic acids is 7. The van der Waals surface area contributed by atoms with E-state index in [1.807, 2.05) is 45.9 Å². The lowest BCUT2D eigenvalue weighted by molar-refractivity contribution is -0.143. The maximum atomic E-state index is 14.3. The Bertz CT molecular complexity index is 2180. The predicted molar refractivity (Wildman–Crippen MR) is 264 cm³/mol. The van der Waals surface area contributed by atoms with Crippen LogP contribution in [0.25, 0.3) is 10.9 Å². The highest BCUT2D eigenvalue weighted by Gasteiger charge is 2.38. The summed E-state index contributed by atoms with van der Waals surface area (Å²) in [5.74, 6) is -7.23. The third-order valence-corrected chi connectivity index (χ3v) is 11.7. The number of aliphatic carboxylic acids is 1. The lowest BCUT2D eigenvalue weighted by Crippen LogP contribution is -2.60. The third-order valence-electron chi connectivity index (χ3n) is 11.7. The van der Waals surface area contributed by atoms with Gasteiger partial charge in [0.25, 0.3) is 0 Å². The van der Waals surface area contributed by atoms with Crippen LogP contribution in [-0.4, -0.2) is 154 Å². The van der Waals surface area contributed by atoms with Crippen molar-refractivity contribution in [1.29, 1.82) is 10.8 Å². The molecule has 71 heavy (non-hydrogen) atoms. The van der Waals surface area contributed by atoms with E-state index in [4.69, 9.17) is 28.0 Å². The summed E-state index contributed by atoms with van der Waals surface area (Å²) in [5, 5.41) is 55.5. The molecule has 25 nitrogen and oxygen atoms in total. The number of amides is 7. The second-order valence-electron chi connectivity index (χ2n) is 18.6. The molecule has 0 spiro atoms. The van der Waals surface area contributed by atoms with Gasteiger partial charge < -0.3 is 79.8 Å². The van der Waals surface area contributed by atoms with Crippen LogP contribution in [0.15, 0.2) is 30.5 Å². The fourth-order valence-corrected chi connectivity index (χ4v) is 8.06. The molecule has 25 heteroatoms. The van der Waals surface area contributed by atoms with Gasteiger partial charge in [-0.25, -0.2) is 4.79 Å². The van der Waals surface area contributed by atoms with E-state index in [0.29, 0.717) is 37.9 Å². The summed E-state index contributed by atoms with van der Waals surface area (Å²) in [6.45, 7) is 8.58. The zero-order chi connectivity index (χ0) is 52.9. The van der Waals surface area contributed by atoms with Crippen LogP contribution < -0.4 is 59.7 Å². The van der Waals surface area contributed by atoms with Gasteiger partial charge in [-0.2, -0.15) is 0 Å². The van der Waals surface area contributed by atoms with Gasteiger partial charge in [0.2, 0.25) is 41.4 Å². The Morgan fingerprint density at radius 2 is 1.24 bits per heavy atom. The number of hydrogen-bond acceptors (Lipinski definition) is 12. The molecule has 1 aliphatic heterocycles. The Balaban J connectivity index is 1.81. The number of likely N-dealkylation sites (tertiary alicyclic amines) is 1. The normalized spacial score (nSPS) is 16.4. The first-order chi connectivity index (χ1) is 33.5. The predicted octanol–water partition coefficient (Wildman–Crippen LogP) is -2.35. The zero-order valence-corrected chi connectivity index (χ0v) is 41.2. The molecule has 19 N–H and O–H groups in total. The van der Waals surface area contributed by atoms with Crippen molar-refractivity contribution in [2.75, 3.05) is 26.2 Å². The number of nitrogens with two attached hydrogens (primary N) is 3. The van der Waals surface area contributed by atoms with Crippen molar-refractivity contribution in [2.24, 2.45) is 29.0 Å². The molecular weight excluding hydrogens is 923 g/mol. The fraction of sp³-hybridized carbons (Fsp3) is 0.609. The number of hydrogen-bond donors (Lipinski definition) is 16. The lowest BCUT2D eigenvalue weighted by Gasteiger charge is -2.29. The van der Waals surface area contributed by atoms with Gasteiger partial charge >= 0.3 is 5.97 Å². The number of fused-ring (bicyclic) bond motifs is 1. The number of aliphatic hydroxyl groups is 1. The van der Waals surface area contributed by atoms with Crippen molar-refractivity contribution in [3.63, 3.8) is 0 Å². The summed E-state index contributed by atoms with van der Waals surface area (Å²) in [6.07, 6.45) is 3.59. The fourth-order valence-electron chi connectivity index (χ4n) is 8.06. The molecule has 3 rings (SSSR count). The van der Waals surface area contributed by atoms with E-state index in [2.05, 4.69) is 47.5 Å². The molecule has 0 saturated carbocycles. The summed E-state index contributed by atoms with van der Waals surface area (Å²) in [4.78, 5) is 113. The van der Waals surface area contributed by atoms with E-state index in [1.54, 1.807) is 12.3 Å². The summed E-state index contributed by atoms with van der Waals surface area (Å²) < 4.78 is 0. The SMILES string of the molecule is CC(C)C[C@H](NC(=O)[C@H](C)NC(=O)[C@H](CC(C)C)NC(=O)[C@@H]1CCCN1C(=O)[C@@H](N)CCCNC(=N)N)C(=O)N[C@@H](Cc1c[nH]c2ccccc12)C(=O)N[C@@H](CCCNC(=N)N)C(=O)N[C@@H](CO)C(=O)O. The molecule has 1 fully saturated rings.